The maximum atomic E-state index is 5.85. The molecule has 0 fully saturated rings. The van der Waals surface area contributed by atoms with Gasteiger partial charge in [-0.15, -0.1) is 0 Å². The lowest BCUT2D eigenvalue weighted by Gasteiger charge is -2.07. The van der Waals surface area contributed by atoms with Crippen molar-refractivity contribution >= 4 is 23.4 Å². The highest BCUT2D eigenvalue weighted by Crippen LogP contribution is 2.18. The zero-order valence-corrected chi connectivity index (χ0v) is 12.5. The fourth-order valence-electron chi connectivity index (χ4n) is 1.65. The third-order valence-electron chi connectivity index (χ3n) is 2.71. The molecule has 100 valence electrons. The van der Waals surface area contributed by atoms with E-state index in [4.69, 9.17) is 16.3 Å². The average molecular weight is 293 g/mol. The Morgan fingerprint density at radius 3 is 2.21 bits per heavy atom. The van der Waals surface area contributed by atoms with E-state index >= 15 is 0 Å². The van der Waals surface area contributed by atoms with Crippen LogP contribution < -0.4 is 4.74 Å². The van der Waals surface area contributed by atoms with Gasteiger partial charge in [0.25, 0.3) is 0 Å². The van der Waals surface area contributed by atoms with Crippen molar-refractivity contribution in [1.82, 2.24) is 0 Å². The molecule has 19 heavy (non-hydrogen) atoms. The molecule has 0 heterocycles. The summed E-state index contributed by atoms with van der Waals surface area (Å²) in [6.07, 6.45) is 0. The van der Waals surface area contributed by atoms with Gasteiger partial charge in [-0.1, -0.05) is 42.8 Å². The van der Waals surface area contributed by atoms with Gasteiger partial charge in [0.1, 0.15) is 12.4 Å². The summed E-state index contributed by atoms with van der Waals surface area (Å²) >= 11 is 7.77. The van der Waals surface area contributed by atoms with E-state index in [-0.39, 0.29) is 0 Å². The van der Waals surface area contributed by atoms with E-state index in [9.17, 15) is 0 Å². The quantitative estimate of drug-likeness (QED) is 0.726. The molecule has 1 nitrogen and oxygen atoms in total. The van der Waals surface area contributed by atoms with Crippen molar-refractivity contribution in [3.63, 3.8) is 0 Å². The molecule has 0 spiro atoms. The molecule has 0 bridgehead atoms. The number of rotatable bonds is 6. The van der Waals surface area contributed by atoms with E-state index in [0.29, 0.717) is 6.61 Å². The van der Waals surface area contributed by atoms with Gasteiger partial charge in [0.15, 0.2) is 0 Å². The van der Waals surface area contributed by atoms with Gasteiger partial charge in [0.05, 0.1) is 0 Å². The minimum absolute atomic E-state index is 0.570. The third-order valence-corrected chi connectivity index (χ3v) is 3.91. The standard InChI is InChI=1S/C16H17ClOS/c1-2-19-12-14-5-9-16(10-6-14)18-11-13-3-7-15(17)8-4-13/h3-10H,2,11-12H2,1H3. The topological polar surface area (TPSA) is 9.23 Å². The first-order valence-electron chi connectivity index (χ1n) is 6.32. The molecule has 0 unspecified atom stereocenters. The molecule has 0 aromatic heterocycles. The summed E-state index contributed by atoms with van der Waals surface area (Å²) in [5.74, 6) is 3.11. The molecule has 0 aliphatic carbocycles. The normalized spacial score (nSPS) is 10.4. The van der Waals surface area contributed by atoms with E-state index in [1.165, 1.54) is 5.56 Å². The van der Waals surface area contributed by atoms with Crippen LogP contribution >= 0.6 is 23.4 Å². The fraction of sp³-hybridized carbons (Fsp3) is 0.250. The Bertz CT molecular complexity index is 493. The molecule has 2 aromatic carbocycles. The van der Waals surface area contributed by atoms with Crippen molar-refractivity contribution in [2.45, 2.75) is 19.3 Å². The van der Waals surface area contributed by atoms with Crippen LogP contribution in [0.15, 0.2) is 48.5 Å². The maximum absolute atomic E-state index is 5.85. The number of hydrogen-bond donors (Lipinski definition) is 0. The minimum Gasteiger partial charge on any atom is -0.489 e. The van der Waals surface area contributed by atoms with E-state index < -0.39 is 0 Å². The Morgan fingerprint density at radius 2 is 1.58 bits per heavy atom. The van der Waals surface area contributed by atoms with Gasteiger partial charge >= 0.3 is 0 Å². The van der Waals surface area contributed by atoms with Crippen LogP contribution in [0.4, 0.5) is 0 Å². The molecule has 0 N–H and O–H groups in total. The monoisotopic (exact) mass is 292 g/mol. The molecule has 0 aliphatic rings. The van der Waals surface area contributed by atoms with E-state index in [1.807, 2.05) is 48.2 Å². The lowest BCUT2D eigenvalue weighted by atomic mass is 10.2. The van der Waals surface area contributed by atoms with Crippen LogP contribution in [0.5, 0.6) is 5.75 Å². The van der Waals surface area contributed by atoms with Crippen LogP contribution in [0.2, 0.25) is 5.02 Å². The number of hydrogen-bond acceptors (Lipinski definition) is 2. The largest absolute Gasteiger partial charge is 0.489 e. The van der Waals surface area contributed by atoms with E-state index in [1.54, 1.807) is 0 Å². The highest BCUT2D eigenvalue weighted by Gasteiger charge is 1.98. The molecular formula is C16H17ClOS. The first-order valence-corrected chi connectivity index (χ1v) is 7.85. The van der Waals surface area contributed by atoms with Gasteiger partial charge in [-0.3, -0.25) is 0 Å². The van der Waals surface area contributed by atoms with Crippen LogP contribution in [0.25, 0.3) is 0 Å². The van der Waals surface area contributed by atoms with Gasteiger partial charge in [0, 0.05) is 10.8 Å². The average Bonchev–Trinajstić information content (AvgIpc) is 2.46. The molecule has 2 rings (SSSR count). The van der Waals surface area contributed by atoms with Crippen LogP contribution in [0, 0.1) is 0 Å². The Kier molecular flexibility index (Phi) is 5.62. The summed E-state index contributed by atoms with van der Waals surface area (Å²) in [6.45, 7) is 2.74. The van der Waals surface area contributed by atoms with E-state index in [2.05, 4.69) is 19.1 Å². The first-order chi connectivity index (χ1) is 9.28. The second-order valence-corrected chi connectivity index (χ2v) is 5.91. The van der Waals surface area contributed by atoms with Crippen LogP contribution in [-0.4, -0.2) is 5.75 Å². The summed E-state index contributed by atoms with van der Waals surface area (Å²) in [6, 6.07) is 16.0. The van der Waals surface area contributed by atoms with Crippen molar-refractivity contribution in [1.29, 1.82) is 0 Å². The van der Waals surface area contributed by atoms with Gasteiger partial charge in [0.2, 0.25) is 0 Å². The number of halogens is 1. The highest BCUT2D eigenvalue weighted by molar-refractivity contribution is 7.98. The molecule has 2 aromatic rings. The first kappa shape index (κ1) is 14.3. The van der Waals surface area contributed by atoms with Crippen molar-refractivity contribution in [2.75, 3.05) is 5.75 Å². The van der Waals surface area contributed by atoms with Crippen LogP contribution in [0.1, 0.15) is 18.1 Å². The third kappa shape index (κ3) is 4.81. The second-order valence-electron chi connectivity index (χ2n) is 4.20. The Labute approximate surface area is 123 Å². The summed E-state index contributed by atoms with van der Waals surface area (Å²) in [4.78, 5) is 0. The summed E-state index contributed by atoms with van der Waals surface area (Å²) in [7, 11) is 0. The number of benzene rings is 2. The van der Waals surface area contributed by atoms with Crippen LogP contribution in [0.3, 0.4) is 0 Å². The van der Waals surface area contributed by atoms with E-state index in [0.717, 1.165) is 27.8 Å². The van der Waals surface area contributed by atoms with Gasteiger partial charge < -0.3 is 4.74 Å². The molecule has 0 saturated heterocycles. The number of thioether (sulfide) groups is 1. The highest BCUT2D eigenvalue weighted by atomic mass is 35.5. The predicted molar refractivity (Wildman–Crippen MR) is 84.1 cm³/mol. The Morgan fingerprint density at radius 1 is 0.947 bits per heavy atom. The molecule has 0 amide bonds. The summed E-state index contributed by atoms with van der Waals surface area (Å²) in [5.41, 5.74) is 2.46. The lowest BCUT2D eigenvalue weighted by Crippen LogP contribution is -1.95. The number of ether oxygens (including phenoxy) is 1. The molecule has 0 aliphatic heterocycles. The molecule has 0 saturated carbocycles. The molecular weight excluding hydrogens is 276 g/mol. The van der Waals surface area contributed by atoms with Crippen molar-refractivity contribution in [2.24, 2.45) is 0 Å². The van der Waals surface area contributed by atoms with Gasteiger partial charge in [-0.05, 0) is 41.1 Å². The molecule has 3 heteroatoms. The Hall–Kier alpha value is -1.12. The lowest BCUT2D eigenvalue weighted by molar-refractivity contribution is 0.306. The van der Waals surface area contributed by atoms with Gasteiger partial charge in [-0.25, -0.2) is 0 Å². The van der Waals surface area contributed by atoms with Crippen molar-refractivity contribution in [3.05, 3.63) is 64.7 Å². The predicted octanol–water partition coefficient (Wildman–Crippen LogP) is 5.17. The minimum atomic E-state index is 0.570. The molecule has 0 radical (unpaired) electrons. The zero-order valence-electron chi connectivity index (χ0n) is 10.9. The smallest absolute Gasteiger partial charge is 0.119 e. The second kappa shape index (κ2) is 7.46. The zero-order chi connectivity index (χ0) is 13.5. The van der Waals surface area contributed by atoms with Crippen molar-refractivity contribution < 1.29 is 4.74 Å². The summed E-state index contributed by atoms with van der Waals surface area (Å²) in [5, 5.41) is 0.751. The fourth-order valence-corrected chi connectivity index (χ4v) is 2.41. The Balaban J connectivity index is 1.87. The SMILES string of the molecule is CCSCc1ccc(OCc2ccc(Cl)cc2)cc1. The van der Waals surface area contributed by atoms with Gasteiger partial charge in [-0.2, -0.15) is 11.8 Å². The summed E-state index contributed by atoms with van der Waals surface area (Å²) < 4.78 is 5.74. The maximum Gasteiger partial charge on any atom is 0.119 e. The molecule has 0 atom stereocenters. The van der Waals surface area contributed by atoms with Crippen LogP contribution in [-0.2, 0) is 12.4 Å². The van der Waals surface area contributed by atoms with Crippen molar-refractivity contribution in [3.8, 4) is 5.75 Å².